The van der Waals surface area contributed by atoms with Gasteiger partial charge in [-0.25, -0.2) is 0 Å². The molecule has 1 aliphatic rings. The Morgan fingerprint density at radius 3 is 2.75 bits per heavy atom. The molecule has 0 aliphatic heterocycles. The van der Waals surface area contributed by atoms with E-state index in [4.69, 9.17) is 5.73 Å². The lowest BCUT2D eigenvalue weighted by molar-refractivity contribution is 0.436. The molecule has 1 fully saturated rings. The number of rotatable bonds is 4. The van der Waals surface area contributed by atoms with Gasteiger partial charge in [0.05, 0.1) is 6.04 Å². The van der Waals surface area contributed by atoms with Gasteiger partial charge in [0.2, 0.25) is 0 Å². The third-order valence-electron chi connectivity index (χ3n) is 3.38. The molecule has 4 nitrogen and oxygen atoms in total. The molecule has 0 radical (unpaired) electrons. The molecule has 0 saturated heterocycles. The monoisotopic (exact) mass is 222 g/mol. The van der Waals surface area contributed by atoms with Crippen LogP contribution in [0.15, 0.2) is 6.33 Å². The molecule has 1 aromatic rings. The molecule has 0 spiro atoms. The summed E-state index contributed by atoms with van der Waals surface area (Å²) in [6.07, 6.45) is 7.97. The molecule has 2 rings (SSSR count). The summed E-state index contributed by atoms with van der Waals surface area (Å²) in [5, 5.41) is 8.23. The van der Waals surface area contributed by atoms with E-state index in [0.717, 1.165) is 12.2 Å². The van der Waals surface area contributed by atoms with E-state index in [0.29, 0.717) is 12.0 Å². The molecule has 1 aliphatic carbocycles. The van der Waals surface area contributed by atoms with Crippen LogP contribution in [-0.2, 0) is 0 Å². The van der Waals surface area contributed by atoms with Gasteiger partial charge in [0.15, 0.2) is 0 Å². The van der Waals surface area contributed by atoms with E-state index >= 15 is 0 Å². The maximum absolute atomic E-state index is 6.19. The summed E-state index contributed by atoms with van der Waals surface area (Å²) in [4.78, 5) is 0. The minimum absolute atomic E-state index is 0.0306. The van der Waals surface area contributed by atoms with Crippen LogP contribution in [0.25, 0.3) is 0 Å². The van der Waals surface area contributed by atoms with Crippen LogP contribution in [0.2, 0.25) is 0 Å². The van der Waals surface area contributed by atoms with Gasteiger partial charge in [-0.3, -0.25) is 0 Å². The SMILES string of the molecule is CC(C)C[C@@H](N)c1nncn1C1CCCC1. The minimum Gasteiger partial charge on any atom is -0.321 e. The summed E-state index contributed by atoms with van der Waals surface area (Å²) >= 11 is 0. The predicted molar refractivity (Wildman–Crippen MR) is 63.9 cm³/mol. The van der Waals surface area contributed by atoms with Crippen molar-refractivity contribution in [2.75, 3.05) is 0 Å². The van der Waals surface area contributed by atoms with Crippen molar-refractivity contribution in [3.63, 3.8) is 0 Å². The first kappa shape index (κ1) is 11.6. The van der Waals surface area contributed by atoms with Crippen LogP contribution in [0.4, 0.5) is 0 Å². The van der Waals surface area contributed by atoms with E-state index in [1.807, 2.05) is 6.33 Å². The molecule has 1 saturated carbocycles. The lowest BCUT2D eigenvalue weighted by Crippen LogP contribution is -2.20. The Balaban J connectivity index is 2.11. The number of nitrogens with two attached hydrogens (primary N) is 1. The topological polar surface area (TPSA) is 56.7 Å². The van der Waals surface area contributed by atoms with Crippen LogP contribution < -0.4 is 5.73 Å². The molecule has 1 heterocycles. The smallest absolute Gasteiger partial charge is 0.150 e. The van der Waals surface area contributed by atoms with Gasteiger partial charge < -0.3 is 10.3 Å². The van der Waals surface area contributed by atoms with Crippen molar-refractivity contribution in [2.45, 2.75) is 58.0 Å². The average Bonchev–Trinajstić information content (AvgIpc) is 2.87. The van der Waals surface area contributed by atoms with Crippen molar-refractivity contribution in [1.29, 1.82) is 0 Å². The highest BCUT2D eigenvalue weighted by atomic mass is 15.3. The molecule has 0 unspecified atom stereocenters. The zero-order chi connectivity index (χ0) is 11.5. The zero-order valence-electron chi connectivity index (χ0n) is 10.3. The van der Waals surface area contributed by atoms with Crippen LogP contribution in [0.1, 0.15) is 63.9 Å². The van der Waals surface area contributed by atoms with Crippen molar-refractivity contribution in [2.24, 2.45) is 11.7 Å². The lowest BCUT2D eigenvalue weighted by atomic mass is 10.0. The van der Waals surface area contributed by atoms with Gasteiger partial charge in [0.1, 0.15) is 12.2 Å². The Hall–Kier alpha value is -0.900. The van der Waals surface area contributed by atoms with Gasteiger partial charge in [-0.1, -0.05) is 26.7 Å². The third kappa shape index (κ3) is 2.43. The minimum atomic E-state index is 0.0306. The Bertz CT molecular complexity index is 326. The van der Waals surface area contributed by atoms with E-state index in [2.05, 4.69) is 28.6 Å². The first-order valence-corrected chi connectivity index (χ1v) is 6.33. The maximum Gasteiger partial charge on any atom is 0.150 e. The van der Waals surface area contributed by atoms with Gasteiger partial charge >= 0.3 is 0 Å². The fraction of sp³-hybridized carbons (Fsp3) is 0.833. The van der Waals surface area contributed by atoms with Crippen LogP contribution in [0, 0.1) is 5.92 Å². The molecule has 0 amide bonds. The second kappa shape index (κ2) is 4.95. The summed E-state index contributed by atoms with van der Waals surface area (Å²) in [6, 6.07) is 0.617. The molecule has 90 valence electrons. The lowest BCUT2D eigenvalue weighted by Gasteiger charge is -2.18. The zero-order valence-corrected chi connectivity index (χ0v) is 10.3. The van der Waals surface area contributed by atoms with E-state index in [1.165, 1.54) is 25.7 Å². The molecule has 0 bridgehead atoms. The Kier molecular flexibility index (Phi) is 3.59. The van der Waals surface area contributed by atoms with Gasteiger partial charge in [0, 0.05) is 6.04 Å². The fourth-order valence-corrected chi connectivity index (χ4v) is 2.59. The van der Waals surface area contributed by atoms with Crippen molar-refractivity contribution in [3.05, 3.63) is 12.2 Å². The standard InChI is InChI=1S/C12H22N4/c1-9(2)7-11(13)12-15-14-8-16(12)10-5-3-4-6-10/h8-11H,3-7,13H2,1-2H3/t11-/m1/s1. The average molecular weight is 222 g/mol. The van der Waals surface area contributed by atoms with Crippen LogP contribution in [0.5, 0.6) is 0 Å². The summed E-state index contributed by atoms with van der Waals surface area (Å²) in [5.74, 6) is 1.57. The van der Waals surface area contributed by atoms with E-state index in [-0.39, 0.29) is 6.04 Å². The maximum atomic E-state index is 6.19. The van der Waals surface area contributed by atoms with Crippen LogP contribution >= 0.6 is 0 Å². The summed E-state index contributed by atoms with van der Waals surface area (Å²) in [5.41, 5.74) is 6.19. The number of aromatic nitrogens is 3. The quantitative estimate of drug-likeness (QED) is 0.851. The van der Waals surface area contributed by atoms with E-state index in [1.54, 1.807) is 0 Å². The summed E-state index contributed by atoms with van der Waals surface area (Å²) < 4.78 is 2.21. The largest absolute Gasteiger partial charge is 0.321 e. The molecular formula is C12H22N4. The number of hydrogen-bond acceptors (Lipinski definition) is 3. The molecule has 16 heavy (non-hydrogen) atoms. The second-order valence-corrected chi connectivity index (χ2v) is 5.27. The van der Waals surface area contributed by atoms with Crippen molar-refractivity contribution < 1.29 is 0 Å². The predicted octanol–water partition coefficient (Wildman–Crippen LogP) is 2.44. The fourth-order valence-electron chi connectivity index (χ4n) is 2.59. The molecule has 0 aromatic carbocycles. The highest BCUT2D eigenvalue weighted by Gasteiger charge is 2.23. The Morgan fingerprint density at radius 1 is 1.44 bits per heavy atom. The molecule has 1 aromatic heterocycles. The molecule has 1 atom stereocenters. The van der Waals surface area contributed by atoms with Crippen molar-refractivity contribution >= 4 is 0 Å². The molecule has 2 N–H and O–H groups in total. The normalized spacial score (nSPS) is 19.5. The Morgan fingerprint density at radius 2 is 2.12 bits per heavy atom. The van der Waals surface area contributed by atoms with E-state index < -0.39 is 0 Å². The summed E-state index contributed by atoms with van der Waals surface area (Å²) in [7, 11) is 0. The van der Waals surface area contributed by atoms with Crippen LogP contribution in [-0.4, -0.2) is 14.8 Å². The van der Waals surface area contributed by atoms with Crippen molar-refractivity contribution in [3.8, 4) is 0 Å². The van der Waals surface area contributed by atoms with Gasteiger partial charge in [-0.05, 0) is 25.2 Å². The number of nitrogens with zero attached hydrogens (tertiary/aromatic N) is 3. The van der Waals surface area contributed by atoms with Gasteiger partial charge in [0.25, 0.3) is 0 Å². The highest BCUT2D eigenvalue weighted by Crippen LogP contribution is 2.31. The van der Waals surface area contributed by atoms with Gasteiger partial charge in [-0.15, -0.1) is 10.2 Å². The first-order chi connectivity index (χ1) is 7.68. The first-order valence-electron chi connectivity index (χ1n) is 6.33. The number of hydrogen-bond donors (Lipinski definition) is 1. The van der Waals surface area contributed by atoms with Crippen molar-refractivity contribution in [1.82, 2.24) is 14.8 Å². The highest BCUT2D eigenvalue weighted by molar-refractivity contribution is 4.97. The van der Waals surface area contributed by atoms with E-state index in [9.17, 15) is 0 Å². The third-order valence-corrected chi connectivity index (χ3v) is 3.38. The molecule has 4 heteroatoms. The molecular weight excluding hydrogens is 200 g/mol. The second-order valence-electron chi connectivity index (χ2n) is 5.27. The van der Waals surface area contributed by atoms with Gasteiger partial charge in [-0.2, -0.15) is 0 Å². The van der Waals surface area contributed by atoms with Crippen LogP contribution in [0.3, 0.4) is 0 Å². The summed E-state index contributed by atoms with van der Waals surface area (Å²) in [6.45, 7) is 4.38. The Labute approximate surface area is 97.2 Å².